The predicted octanol–water partition coefficient (Wildman–Crippen LogP) is 10.3. The van der Waals surface area contributed by atoms with Gasteiger partial charge in [-0.15, -0.1) is 0 Å². The summed E-state index contributed by atoms with van der Waals surface area (Å²) in [5.74, 6) is -1.61. The first-order chi connectivity index (χ1) is 27.5. The summed E-state index contributed by atoms with van der Waals surface area (Å²) in [7, 11) is -4.82. The second-order valence-electron chi connectivity index (χ2n) is 15.8. The number of phosphoric acid groups is 1. The fraction of sp³-hybridized carbons (Fsp3) is 0.800. The van der Waals surface area contributed by atoms with Crippen LogP contribution in [0.25, 0.3) is 0 Å². The van der Waals surface area contributed by atoms with Gasteiger partial charge in [0.05, 0.1) is 18.8 Å². The van der Waals surface area contributed by atoms with Gasteiger partial charge in [-0.3, -0.25) is 18.9 Å². The molecule has 1 aliphatic rings. The van der Waals surface area contributed by atoms with E-state index in [-0.39, 0.29) is 43.5 Å². The van der Waals surface area contributed by atoms with Crippen LogP contribution < -0.4 is 0 Å². The van der Waals surface area contributed by atoms with Crippen LogP contribution in [0.2, 0.25) is 0 Å². The Bertz CT molecular complexity index is 1180. The van der Waals surface area contributed by atoms with Crippen LogP contribution in [0.1, 0.15) is 187 Å². The Morgan fingerprint density at radius 1 is 0.737 bits per heavy atom. The molecular formula is C45H79O11P. The lowest BCUT2D eigenvalue weighted by Gasteiger charge is -2.19. The van der Waals surface area contributed by atoms with Gasteiger partial charge in [0, 0.05) is 31.1 Å². The molecule has 0 aliphatic heterocycles. The Morgan fingerprint density at radius 2 is 1.28 bits per heavy atom. The molecular weight excluding hydrogens is 747 g/mol. The van der Waals surface area contributed by atoms with Crippen molar-refractivity contribution in [3.63, 3.8) is 0 Å². The highest BCUT2D eigenvalue weighted by molar-refractivity contribution is 7.46. The molecule has 57 heavy (non-hydrogen) atoms. The summed E-state index contributed by atoms with van der Waals surface area (Å²) < 4.78 is 26.4. The number of carbonyl (C=O) groups excluding carboxylic acids is 3. The van der Waals surface area contributed by atoms with Crippen molar-refractivity contribution in [3.05, 3.63) is 36.5 Å². The van der Waals surface area contributed by atoms with E-state index < -0.39 is 44.7 Å². The Balaban J connectivity index is 2.22. The van der Waals surface area contributed by atoms with E-state index in [9.17, 15) is 29.2 Å². The van der Waals surface area contributed by atoms with E-state index >= 15 is 0 Å². The van der Waals surface area contributed by atoms with Gasteiger partial charge in [0.2, 0.25) is 0 Å². The smallest absolute Gasteiger partial charge is 0.462 e. The van der Waals surface area contributed by atoms with E-state index in [1.807, 2.05) is 0 Å². The topological polar surface area (TPSA) is 177 Å². The normalized spacial score (nSPS) is 18.6. The van der Waals surface area contributed by atoms with E-state index in [4.69, 9.17) is 19.3 Å². The summed E-state index contributed by atoms with van der Waals surface area (Å²) in [6, 6.07) is 0. The van der Waals surface area contributed by atoms with Crippen molar-refractivity contribution in [1.82, 2.24) is 0 Å². The van der Waals surface area contributed by atoms with Gasteiger partial charge in [0.25, 0.3) is 0 Å². The van der Waals surface area contributed by atoms with E-state index in [0.29, 0.717) is 32.1 Å². The third kappa shape index (κ3) is 30.5. The van der Waals surface area contributed by atoms with Crippen molar-refractivity contribution in [1.29, 1.82) is 0 Å². The summed E-state index contributed by atoms with van der Waals surface area (Å²) >= 11 is 0. The highest BCUT2D eigenvalue weighted by atomic mass is 31.2. The zero-order valence-corrected chi connectivity index (χ0v) is 36.3. The Labute approximate surface area is 344 Å². The van der Waals surface area contributed by atoms with Gasteiger partial charge < -0.3 is 29.5 Å². The average Bonchev–Trinajstić information content (AvgIpc) is 3.44. The molecule has 0 saturated heterocycles. The molecule has 0 radical (unpaired) electrons. The summed E-state index contributed by atoms with van der Waals surface area (Å²) in [6.07, 6.45) is 34.7. The number of aliphatic hydroxyl groups excluding tert-OH is 2. The van der Waals surface area contributed by atoms with Crippen molar-refractivity contribution in [2.45, 2.75) is 206 Å². The number of ether oxygens (including phenoxy) is 2. The molecule has 12 heteroatoms. The van der Waals surface area contributed by atoms with Crippen LogP contribution in [0.5, 0.6) is 0 Å². The molecule has 0 aromatic rings. The van der Waals surface area contributed by atoms with Crippen LogP contribution in [0.3, 0.4) is 0 Å². The third-order valence-electron chi connectivity index (χ3n) is 10.5. The number of allylic oxidation sites excluding steroid dienone is 4. The lowest BCUT2D eigenvalue weighted by atomic mass is 9.88. The molecule has 0 bridgehead atoms. The van der Waals surface area contributed by atoms with Crippen LogP contribution >= 0.6 is 7.82 Å². The van der Waals surface area contributed by atoms with Crippen molar-refractivity contribution < 1.29 is 52.9 Å². The van der Waals surface area contributed by atoms with E-state index in [1.165, 1.54) is 57.8 Å². The van der Waals surface area contributed by atoms with Gasteiger partial charge in [-0.05, 0) is 57.8 Å². The number of rotatable bonds is 37. The number of phosphoric ester groups is 1. The second kappa shape index (κ2) is 34.7. The lowest BCUT2D eigenvalue weighted by molar-refractivity contribution is -0.161. The quantitative estimate of drug-likeness (QED) is 0.0203. The monoisotopic (exact) mass is 827 g/mol. The van der Waals surface area contributed by atoms with Crippen LogP contribution in [-0.4, -0.2) is 69.2 Å². The second-order valence-corrected chi connectivity index (χ2v) is 17.0. The van der Waals surface area contributed by atoms with E-state index in [1.54, 1.807) is 12.2 Å². The molecule has 1 saturated carbocycles. The van der Waals surface area contributed by atoms with Crippen molar-refractivity contribution in [2.75, 3.05) is 13.2 Å². The Morgan fingerprint density at radius 3 is 1.89 bits per heavy atom. The van der Waals surface area contributed by atoms with Crippen LogP contribution in [0, 0.1) is 11.8 Å². The standard InChI is InChI=1S/C45H79O11P/c1-3-5-7-8-9-10-11-12-13-14-15-16-17-18-19-20-21-22-27-31-44(49)54-36-39(37-55-57(51,52)53)56-45(50)32-28-24-23-26-30-40-41(43(48)35-42(40)47)34-33-38(46)29-25-6-4-2/h9-10,12-13,33-34,38-41,43,46,48H,3-8,11,14-32,35-37H2,1-2H3,(H2,51,52,53)/b10-9-,13-12-,34-33+/t38-,39+,40+,41+,43+/m0/s1. The number of aliphatic hydroxyl groups is 2. The van der Waals surface area contributed by atoms with Gasteiger partial charge in [-0.2, -0.15) is 0 Å². The first-order valence-electron chi connectivity index (χ1n) is 22.4. The molecule has 4 N–H and O–H groups in total. The Hall–Kier alpha value is -2.14. The maximum atomic E-state index is 12.5. The molecule has 0 aromatic carbocycles. The minimum atomic E-state index is -4.82. The highest BCUT2D eigenvalue weighted by Crippen LogP contribution is 2.36. The number of ketones is 1. The molecule has 330 valence electrons. The van der Waals surface area contributed by atoms with E-state index in [0.717, 1.165) is 64.2 Å². The fourth-order valence-electron chi connectivity index (χ4n) is 7.12. The molecule has 1 rings (SSSR count). The zero-order chi connectivity index (χ0) is 42.0. The fourth-order valence-corrected chi connectivity index (χ4v) is 7.48. The van der Waals surface area contributed by atoms with Gasteiger partial charge in [0.1, 0.15) is 12.4 Å². The molecule has 11 nitrogen and oxygen atoms in total. The summed E-state index contributed by atoms with van der Waals surface area (Å²) in [4.78, 5) is 55.7. The first-order valence-corrected chi connectivity index (χ1v) is 23.9. The first kappa shape index (κ1) is 52.9. The minimum Gasteiger partial charge on any atom is -0.462 e. The maximum absolute atomic E-state index is 12.5. The molecule has 0 unspecified atom stereocenters. The molecule has 0 heterocycles. The number of carbonyl (C=O) groups is 3. The maximum Gasteiger partial charge on any atom is 0.469 e. The molecule has 0 spiro atoms. The number of hydrogen-bond donors (Lipinski definition) is 4. The summed E-state index contributed by atoms with van der Waals surface area (Å²) in [5.41, 5.74) is 0. The largest absolute Gasteiger partial charge is 0.469 e. The number of hydrogen-bond acceptors (Lipinski definition) is 9. The van der Waals surface area contributed by atoms with Gasteiger partial charge in [0.15, 0.2) is 6.10 Å². The zero-order valence-electron chi connectivity index (χ0n) is 35.5. The SMILES string of the molecule is CCCCC/C=C\C/C=C\CCCCCCCCCCCC(=O)OC[C@H](COP(=O)(O)O)OC(=O)CCCCCC[C@H]1C(=O)C[C@@H](O)[C@@H]1/C=C/[C@@H](O)CCCCC. The molecule has 5 atom stereocenters. The highest BCUT2D eigenvalue weighted by Gasteiger charge is 2.39. The molecule has 1 fully saturated rings. The predicted molar refractivity (Wildman–Crippen MR) is 226 cm³/mol. The van der Waals surface area contributed by atoms with Crippen molar-refractivity contribution in [3.8, 4) is 0 Å². The Kier molecular flexibility index (Phi) is 32.2. The number of Topliss-reactive ketones (excluding diaryl/α,β-unsaturated/α-hetero) is 1. The van der Waals surface area contributed by atoms with Gasteiger partial charge in [-0.1, -0.05) is 147 Å². The molecule has 1 aliphatic carbocycles. The van der Waals surface area contributed by atoms with Crippen molar-refractivity contribution in [2.24, 2.45) is 11.8 Å². The lowest BCUT2D eigenvalue weighted by Crippen LogP contribution is -2.29. The number of unbranched alkanes of at least 4 members (excludes halogenated alkanes) is 17. The van der Waals surface area contributed by atoms with Crippen LogP contribution in [0.4, 0.5) is 0 Å². The molecule has 0 amide bonds. The average molecular weight is 827 g/mol. The minimum absolute atomic E-state index is 0.0354. The van der Waals surface area contributed by atoms with Crippen LogP contribution in [-0.2, 0) is 32.9 Å². The summed E-state index contributed by atoms with van der Waals surface area (Å²) in [6.45, 7) is 3.37. The van der Waals surface area contributed by atoms with Gasteiger partial charge in [-0.25, -0.2) is 4.57 Å². The number of esters is 2. The van der Waals surface area contributed by atoms with Gasteiger partial charge >= 0.3 is 19.8 Å². The molecule has 0 aromatic heterocycles. The summed E-state index contributed by atoms with van der Waals surface area (Å²) in [5, 5.41) is 20.7. The van der Waals surface area contributed by atoms with Crippen LogP contribution in [0.15, 0.2) is 36.5 Å². The van der Waals surface area contributed by atoms with E-state index in [2.05, 4.69) is 42.7 Å². The van der Waals surface area contributed by atoms with Crippen molar-refractivity contribution >= 4 is 25.5 Å². The third-order valence-corrected chi connectivity index (χ3v) is 11.0.